The lowest BCUT2D eigenvalue weighted by atomic mass is 10.0. The zero-order valence-electron chi connectivity index (χ0n) is 29.8. The molecule has 0 saturated heterocycles. The Morgan fingerprint density at radius 2 is 1.05 bits per heavy atom. The molecule has 0 aliphatic carbocycles. The van der Waals surface area contributed by atoms with Crippen molar-refractivity contribution in [3.05, 3.63) is 200 Å². The van der Waals surface area contributed by atoms with E-state index in [9.17, 15) is 0 Å². The van der Waals surface area contributed by atoms with Gasteiger partial charge in [0.25, 0.3) is 0 Å². The first-order valence-electron chi connectivity index (χ1n) is 18.6. The van der Waals surface area contributed by atoms with Crippen LogP contribution in [0.15, 0.2) is 205 Å². The molecule has 0 spiro atoms. The molecule has 9 aromatic carbocycles. The molecule has 11 rings (SSSR count). The average Bonchev–Trinajstić information content (AvgIpc) is 3.86. The third-order valence-electron chi connectivity index (χ3n) is 10.8. The van der Waals surface area contributed by atoms with Gasteiger partial charge in [-0.25, -0.2) is 4.98 Å². The molecule has 4 heteroatoms. The van der Waals surface area contributed by atoms with Crippen LogP contribution in [-0.4, -0.2) is 9.55 Å². The van der Waals surface area contributed by atoms with Crippen LogP contribution in [0.3, 0.4) is 0 Å². The van der Waals surface area contributed by atoms with Crippen molar-refractivity contribution in [1.29, 1.82) is 0 Å². The van der Waals surface area contributed by atoms with E-state index < -0.39 is 0 Å². The maximum Gasteiger partial charge on any atom is 0.227 e. The smallest absolute Gasteiger partial charge is 0.227 e. The van der Waals surface area contributed by atoms with Crippen molar-refractivity contribution >= 4 is 71.5 Å². The highest BCUT2D eigenvalue weighted by Crippen LogP contribution is 2.47. The zero-order chi connectivity index (χ0) is 36.3. The molecule has 0 bridgehead atoms. The summed E-state index contributed by atoms with van der Waals surface area (Å²) < 4.78 is 9.20. The van der Waals surface area contributed by atoms with E-state index in [1.54, 1.807) is 0 Å². The highest BCUT2D eigenvalue weighted by Gasteiger charge is 2.25. The van der Waals surface area contributed by atoms with E-state index in [1.807, 2.05) is 36.4 Å². The van der Waals surface area contributed by atoms with Gasteiger partial charge in [-0.15, -0.1) is 0 Å². The standard InChI is InChI=1S/C51H33N3O/c1-3-16-36(17-4-1)51-52-45-25-13-27-47(50(45)55-51)53(41-22-11-19-38(33-41)39-29-28-34-14-7-8-18-37(34)32-39)46-26-12-24-43-44-31-30-35-15-9-10-23-42(35)48(44)54(49(43)46)40-20-5-2-6-21-40/h1-33H. The van der Waals surface area contributed by atoms with E-state index in [-0.39, 0.29) is 0 Å². The summed E-state index contributed by atoms with van der Waals surface area (Å²) in [5.41, 5.74) is 11.1. The summed E-state index contributed by atoms with van der Waals surface area (Å²) in [6.45, 7) is 0. The van der Waals surface area contributed by atoms with Gasteiger partial charge in [-0.2, -0.15) is 0 Å². The molecule has 0 saturated carbocycles. The van der Waals surface area contributed by atoms with E-state index in [0.717, 1.165) is 56.1 Å². The Balaban J connectivity index is 1.23. The Hall–Kier alpha value is -7.43. The molecule has 258 valence electrons. The third-order valence-corrected chi connectivity index (χ3v) is 10.8. The van der Waals surface area contributed by atoms with Gasteiger partial charge in [-0.3, -0.25) is 0 Å². The number of aromatic nitrogens is 2. The highest BCUT2D eigenvalue weighted by atomic mass is 16.3. The molecule has 2 aromatic heterocycles. The van der Waals surface area contributed by atoms with Gasteiger partial charge in [0.2, 0.25) is 5.89 Å². The van der Waals surface area contributed by atoms with Gasteiger partial charge in [-0.05, 0) is 87.9 Å². The molecular formula is C51H33N3O. The van der Waals surface area contributed by atoms with E-state index in [1.165, 1.54) is 37.8 Å². The average molecular weight is 704 g/mol. The summed E-state index contributed by atoms with van der Waals surface area (Å²) in [5.74, 6) is 0.594. The lowest BCUT2D eigenvalue weighted by molar-refractivity contribution is 0.620. The normalized spacial score (nSPS) is 11.6. The first kappa shape index (κ1) is 31.1. The summed E-state index contributed by atoms with van der Waals surface area (Å²) >= 11 is 0. The summed E-state index contributed by atoms with van der Waals surface area (Å²) in [7, 11) is 0. The van der Waals surface area contributed by atoms with Crippen molar-refractivity contribution in [3.63, 3.8) is 0 Å². The molecule has 0 N–H and O–H groups in total. The highest BCUT2D eigenvalue weighted by molar-refractivity contribution is 6.21. The van der Waals surface area contributed by atoms with Crippen LogP contribution in [0, 0.1) is 0 Å². The topological polar surface area (TPSA) is 34.2 Å². The van der Waals surface area contributed by atoms with E-state index >= 15 is 0 Å². The predicted molar refractivity (Wildman–Crippen MR) is 229 cm³/mol. The predicted octanol–water partition coefficient (Wildman–Crippen LogP) is 14.0. The molecule has 0 radical (unpaired) electrons. The van der Waals surface area contributed by atoms with Crippen LogP contribution in [0.5, 0.6) is 0 Å². The van der Waals surface area contributed by atoms with Crippen molar-refractivity contribution in [2.75, 3.05) is 4.90 Å². The second-order valence-corrected chi connectivity index (χ2v) is 14.0. The van der Waals surface area contributed by atoms with E-state index in [2.05, 4.69) is 173 Å². The summed E-state index contributed by atoms with van der Waals surface area (Å²) in [6, 6.07) is 71.0. The van der Waals surface area contributed by atoms with Gasteiger partial charge in [0.05, 0.1) is 22.4 Å². The number of hydrogen-bond acceptors (Lipinski definition) is 3. The van der Waals surface area contributed by atoms with Gasteiger partial charge in [-0.1, -0.05) is 140 Å². The molecule has 0 aliphatic heterocycles. The summed E-state index contributed by atoms with van der Waals surface area (Å²) in [5, 5.41) is 7.23. The largest absolute Gasteiger partial charge is 0.434 e. The van der Waals surface area contributed by atoms with E-state index in [4.69, 9.17) is 9.40 Å². The first-order chi connectivity index (χ1) is 27.3. The van der Waals surface area contributed by atoms with Crippen LogP contribution in [0.4, 0.5) is 17.1 Å². The van der Waals surface area contributed by atoms with Crippen LogP contribution < -0.4 is 4.90 Å². The number of anilines is 3. The SMILES string of the molecule is c1ccc(-c2nc3cccc(N(c4cccc(-c5ccc6ccccc6c5)c4)c4cccc5c6ccc7ccccc7c6n(-c6ccccc6)c45)c3o2)cc1. The Labute approximate surface area is 317 Å². The summed E-state index contributed by atoms with van der Waals surface area (Å²) in [4.78, 5) is 7.36. The minimum absolute atomic E-state index is 0.594. The van der Waals surface area contributed by atoms with Gasteiger partial charge in [0, 0.05) is 33.1 Å². The lowest BCUT2D eigenvalue weighted by Crippen LogP contribution is -2.12. The van der Waals surface area contributed by atoms with Gasteiger partial charge < -0.3 is 13.9 Å². The third kappa shape index (κ3) is 5.11. The first-order valence-corrected chi connectivity index (χ1v) is 18.6. The van der Waals surface area contributed by atoms with Gasteiger partial charge in [0.1, 0.15) is 5.52 Å². The van der Waals surface area contributed by atoms with Gasteiger partial charge >= 0.3 is 0 Å². The molecule has 0 aliphatic rings. The molecule has 0 fully saturated rings. The fourth-order valence-corrected chi connectivity index (χ4v) is 8.24. The monoisotopic (exact) mass is 703 g/mol. The Bertz CT molecular complexity index is 3210. The van der Waals surface area contributed by atoms with Crippen molar-refractivity contribution in [2.45, 2.75) is 0 Å². The number of fused-ring (bicyclic) bond motifs is 7. The number of oxazole rings is 1. The molecule has 0 amide bonds. The second kappa shape index (κ2) is 12.6. The fourth-order valence-electron chi connectivity index (χ4n) is 8.24. The van der Waals surface area contributed by atoms with Gasteiger partial charge in [0.15, 0.2) is 5.58 Å². The molecule has 4 nitrogen and oxygen atoms in total. The Morgan fingerprint density at radius 3 is 1.93 bits per heavy atom. The minimum Gasteiger partial charge on any atom is -0.434 e. The summed E-state index contributed by atoms with van der Waals surface area (Å²) in [6.07, 6.45) is 0. The second-order valence-electron chi connectivity index (χ2n) is 14.0. The fraction of sp³-hybridized carbons (Fsp3) is 0. The van der Waals surface area contributed by atoms with Crippen molar-refractivity contribution in [1.82, 2.24) is 9.55 Å². The Morgan fingerprint density at radius 1 is 0.418 bits per heavy atom. The number of benzene rings is 9. The van der Waals surface area contributed by atoms with Crippen molar-refractivity contribution in [3.8, 4) is 28.3 Å². The molecule has 0 unspecified atom stereocenters. The molecule has 0 atom stereocenters. The number of para-hydroxylation sites is 3. The maximum atomic E-state index is 6.76. The van der Waals surface area contributed by atoms with Crippen molar-refractivity contribution in [2.24, 2.45) is 0 Å². The molecule has 2 heterocycles. The van der Waals surface area contributed by atoms with Crippen LogP contribution in [0.25, 0.3) is 82.7 Å². The quantitative estimate of drug-likeness (QED) is 0.173. The maximum absolute atomic E-state index is 6.76. The number of nitrogens with zero attached hydrogens (tertiary/aromatic N) is 3. The molecule has 11 aromatic rings. The van der Waals surface area contributed by atoms with E-state index in [0.29, 0.717) is 5.89 Å². The number of hydrogen-bond donors (Lipinski definition) is 0. The zero-order valence-corrected chi connectivity index (χ0v) is 29.8. The van der Waals surface area contributed by atoms with Crippen LogP contribution in [0.1, 0.15) is 0 Å². The van der Waals surface area contributed by atoms with Crippen LogP contribution in [-0.2, 0) is 0 Å². The van der Waals surface area contributed by atoms with Crippen LogP contribution in [0.2, 0.25) is 0 Å². The van der Waals surface area contributed by atoms with Crippen molar-refractivity contribution < 1.29 is 4.42 Å². The molecule has 55 heavy (non-hydrogen) atoms. The van der Waals surface area contributed by atoms with Crippen LogP contribution >= 0.6 is 0 Å². The Kier molecular flexibility index (Phi) is 7.14. The minimum atomic E-state index is 0.594. The molecular weight excluding hydrogens is 671 g/mol. The lowest BCUT2D eigenvalue weighted by Gasteiger charge is -2.27. The number of rotatable bonds is 6.